The fraction of sp³-hybridized carbons (Fsp3) is 0.333. The molecule has 2 aromatic rings. The van der Waals surface area contributed by atoms with E-state index in [1.807, 2.05) is 12.1 Å². The molecule has 0 aromatic heterocycles. The van der Waals surface area contributed by atoms with Gasteiger partial charge in [-0.1, -0.05) is 62.4 Å². The van der Waals surface area contributed by atoms with Crippen LogP contribution in [0.1, 0.15) is 48.8 Å². The van der Waals surface area contributed by atoms with E-state index in [0.29, 0.717) is 5.92 Å². The molecule has 0 radical (unpaired) electrons. The van der Waals surface area contributed by atoms with Crippen molar-refractivity contribution in [2.45, 2.75) is 38.4 Å². The molecule has 120 valence electrons. The van der Waals surface area contributed by atoms with Crippen molar-refractivity contribution in [3.8, 4) is 5.75 Å². The fourth-order valence-corrected chi connectivity index (χ4v) is 3.03. The van der Waals surface area contributed by atoms with Gasteiger partial charge in [-0.15, -0.1) is 0 Å². The van der Waals surface area contributed by atoms with Crippen LogP contribution in [0.5, 0.6) is 5.75 Å². The summed E-state index contributed by atoms with van der Waals surface area (Å²) in [6.45, 7) is 4.45. The number of ether oxygens (including phenoxy) is 2. The largest absolute Gasteiger partial charge is 0.464 e. The molecule has 0 aliphatic heterocycles. The van der Waals surface area contributed by atoms with Crippen LogP contribution in [0.15, 0.2) is 54.6 Å². The van der Waals surface area contributed by atoms with E-state index in [2.05, 4.69) is 62.4 Å². The molecule has 1 aliphatic rings. The lowest BCUT2D eigenvalue weighted by atomic mass is 9.98. The summed E-state index contributed by atoms with van der Waals surface area (Å²) in [4.78, 5) is 0. The van der Waals surface area contributed by atoms with E-state index < -0.39 is 0 Å². The van der Waals surface area contributed by atoms with Crippen LogP contribution in [0.4, 0.5) is 0 Å². The first kappa shape index (κ1) is 15.8. The Hall–Kier alpha value is -2.06. The van der Waals surface area contributed by atoms with E-state index in [-0.39, 0.29) is 12.2 Å². The average molecular weight is 308 g/mol. The highest BCUT2D eigenvalue weighted by atomic mass is 16.7. The van der Waals surface area contributed by atoms with Gasteiger partial charge in [0.25, 0.3) is 0 Å². The summed E-state index contributed by atoms with van der Waals surface area (Å²) < 4.78 is 11.7. The first-order chi connectivity index (χ1) is 11.2. The summed E-state index contributed by atoms with van der Waals surface area (Å²) in [5.74, 6) is 1.55. The molecule has 0 heterocycles. The maximum Gasteiger partial charge on any atom is 0.210 e. The fourth-order valence-electron chi connectivity index (χ4n) is 3.03. The van der Waals surface area contributed by atoms with Crippen molar-refractivity contribution in [1.29, 1.82) is 0 Å². The number of rotatable bonds is 6. The van der Waals surface area contributed by atoms with Crippen LogP contribution in [0.3, 0.4) is 0 Å². The lowest BCUT2D eigenvalue weighted by Gasteiger charge is -2.23. The monoisotopic (exact) mass is 308 g/mol. The van der Waals surface area contributed by atoms with Crippen LogP contribution in [0.2, 0.25) is 0 Å². The van der Waals surface area contributed by atoms with Crippen molar-refractivity contribution < 1.29 is 9.47 Å². The van der Waals surface area contributed by atoms with Gasteiger partial charge in [0.15, 0.2) is 0 Å². The van der Waals surface area contributed by atoms with Crippen LogP contribution >= 0.6 is 0 Å². The lowest BCUT2D eigenvalue weighted by Crippen LogP contribution is -2.25. The summed E-state index contributed by atoms with van der Waals surface area (Å²) in [6, 6.07) is 16.8. The van der Waals surface area contributed by atoms with Crippen LogP contribution in [0.25, 0.3) is 6.08 Å². The lowest BCUT2D eigenvalue weighted by molar-refractivity contribution is -0.0617. The first-order valence-corrected chi connectivity index (χ1v) is 8.29. The Morgan fingerprint density at radius 2 is 1.78 bits per heavy atom. The van der Waals surface area contributed by atoms with Crippen LogP contribution in [-0.2, 0) is 4.74 Å². The van der Waals surface area contributed by atoms with E-state index in [0.717, 1.165) is 12.2 Å². The van der Waals surface area contributed by atoms with E-state index in [9.17, 15) is 0 Å². The van der Waals surface area contributed by atoms with Gasteiger partial charge in [0.1, 0.15) is 5.75 Å². The molecule has 0 spiro atoms. The highest BCUT2D eigenvalue weighted by Gasteiger charge is 2.27. The topological polar surface area (TPSA) is 18.5 Å². The van der Waals surface area contributed by atoms with E-state index in [4.69, 9.17) is 9.47 Å². The van der Waals surface area contributed by atoms with E-state index in [1.54, 1.807) is 7.11 Å². The number of methoxy groups -OCH3 is 1. The van der Waals surface area contributed by atoms with Gasteiger partial charge >= 0.3 is 0 Å². The number of hydrogen-bond acceptors (Lipinski definition) is 2. The van der Waals surface area contributed by atoms with E-state index >= 15 is 0 Å². The second kappa shape index (κ2) is 7.01. The maximum atomic E-state index is 6.10. The van der Waals surface area contributed by atoms with Gasteiger partial charge in [0, 0.05) is 7.11 Å². The van der Waals surface area contributed by atoms with Gasteiger partial charge in [-0.25, -0.2) is 0 Å². The minimum absolute atomic E-state index is 0.130. The third-order valence-electron chi connectivity index (χ3n) is 4.68. The standard InChI is InChI=1S/C21H24O2/c1-4-15(2)16-9-12-18(13-10-16)23-21(22-3)20-14-11-17-7-5-6-8-19(17)20/h5-15,20-21H,4H2,1-3H3. The molecule has 2 aromatic carbocycles. The molecular formula is C21H24O2. The molecule has 0 N–H and O–H groups in total. The predicted octanol–water partition coefficient (Wildman–Crippen LogP) is 5.36. The zero-order valence-corrected chi connectivity index (χ0v) is 14.0. The average Bonchev–Trinajstić information content (AvgIpc) is 3.03. The third kappa shape index (κ3) is 3.32. The summed E-state index contributed by atoms with van der Waals surface area (Å²) in [5, 5.41) is 0. The Morgan fingerprint density at radius 1 is 1.04 bits per heavy atom. The number of hydrogen-bond donors (Lipinski definition) is 0. The second-order valence-corrected chi connectivity index (χ2v) is 6.11. The highest BCUT2D eigenvalue weighted by Crippen LogP contribution is 2.34. The SMILES string of the molecule is CCC(C)c1ccc(OC(OC)C2C=Cc3ccccc32)cc1. The molecule has 1 aliphatic carbocycles. The molecule has 3 rings (SSSR count). The molecule has 0 fully saturated rings. The minimum atomic E-state index is -0.315. The molecule has 2 heteroatoms. The first-order valence-electron chi connectivity index (χ1n) is 8.29. The Balaban J connectivity index is 1.75. The molecule has 0 saturated heterocycles. The van der Waals surface area contributed by atoms with Gasteiger partial charge in [0.05, 0.1) is 5.92 Å². The summed E-state index contributed by atoms with van der Waals surface area (Å²) in [7, 11) is 1.70. The highest BCUT2D eigenvalue weighted by molar-refractivity contribution is 5.62. The van der Waals surface area contributed by atoms with Crippen molar-refractivity contribution in [3.05, 3.63) is 71.3 Å². The molecule has 0 bridgehead atoms. The second-order valence-electron chi connectivity index (χ2n) is 6.11. The van der Waals surface area contributed by atoms with Gasteiger partial charge < -0.3 is 9.47 Å². The zero-order chi connectivity index (χ0) is 16.2. The van der Waals surface area contributed by atoms with Gasteiger partial charge in [0.2, 0.25) is 6.29 Å². The van der Waals surface area contributed by atoms with Crippen molar-refractivity contribution in [2.75, 3.05) is 7.11 Å². The summed E-state index contributed by atoms with van der Waals surface area (Å²) in [6.07, 6.45) is 5.13. The van der Waals surface area contributed by atoms with E-state index in [1.165, 1.54) is 16.7 Å². The Bertz CT molecular complexity index is 672. The van der Waals surface area contributed by atoms with Crippen molar-refractivity contribution >= 4 is 6.08 Å². The molecule has 23 heavy (non-hydrogen) atoms. The summed E-state index contributed by atoms with van der Waals surface area (Å²) in [5.41, 5.74) is 3.85. The van der Waals surface area contributed by atoms with Crippen molar-refractivity contribution in [3.63, 3.8) is 0 Å². The number of benzene rings is 2. The Morgan fingerprint density at radius 3 is 2.48 bits per heavy atom. The minimum Gasteiger partial charge on any atom is -0.464 e. The molecule has 0 saturated carbocycles. The summed E-state index contributed by atoms with van der Waals surface area (Å²) >= 11 is 0. The number of fused-ring (bicyclic) bond motifs is 1. The smallest absolute Gasteiger partial charge is 0.210 e. The van der Waals surface area contributed by atoms with Gasteiger partial charge in [-0.3, -0.25) is 0 Å². The molecule has 3 atom stereocenters. The van der Waals surface area contributed by atoms with Crippen LogP contribution in [-0.4, -0.2) is 13.4 Å². The Labute approximate surface area is 138 Å². The predicted molar refractivity (Wildman–Crippen MR) is 94.8 cm³/mol. The molecule has 3 unspecified atom stereocenters. The maximum absolute atomic E-state index is 6.10. The Kier molecular flexibility index (Phi) is 4.82. The van der Waals surface area contributed by atoms with Crippen LogP contribution < -0.4 is 4.74 Å². The quantitative estimate of drug-likeness (QED) is 0.669. The van der Waals surface area contributed by atoms with Crippen molar-refractivity contribution in [2.24, 2.45) is 0 Å². The van der Waals surface area contributed by atoms with Gasteiger partial charge in [-0.2, -0.15) is 0 Å². The van der Waals surface area contributed by atoms with Crippen LogP contribution in [0, 0.1) is 0 Å². The molecular weight excluding hydrogens is 284 g/mol. The molecule has 2 nitrogen and oxygen atoms in total. The zero-order valence-electron chi connectivity index (χ0n) is 14.0. The van der Waals surface area contributed by atoms with Crippen molar-refractivity contribution in [1.82, 2.24) is 0 Å². The van der Waals surface area contributed by atoms with Gasteiger partial charge in [-0.05, 0) is 41.2 Å². The third-order valence-corrected chi connectivity index (χ3v) is 4.68. The molecule has 0 amide bonds. The normalized spacial score (nSPS) is 18.5.